The van der Waals surface area contributed by atoms with Gasteiger partial charge in [-0.05, 0) is 48.0 Å². The fourth-order valence-corrected chi connectivity index (χ4v) is 6.09. The van der Waals surface area contributed by atoms with Crippen LogP contribution in [0.5, 0.6) is 34.5 Å². The summed E-state index contributed by atoms with van der Waals surface area (Å²) in [6.45, 7) is -1.42. The van der Waals surface area contributed by atoms with Crippen LogP contribution in [0, 0.1) is 0 Å². The molecule has 2 aliphatic heterocycles. The van der Waals surface area contributed by atoms with Gasteiger partial charge in [0.05, 0.1) is 11.6 Å². The number of hydrogen-bond donors (Lipinski definition) is 11. The molecule has 6 rings (SSSR count). The largest absolute Gasteiger partial charge is 0.508 e. The summed E-state index contributed by atoms with van der Waals surface area (Å²) in [5.74, 6) is -5.65. The molecule has 21 nitrogen and oxygen atoms in total. The topological polar surface area (TPSA) is 340 Å². The molecule has 3 heterocycles. The smallest absolute Gasteiger partial charge is 0.402 e. The van der Waals surface area contributed by atoms with Crippen molar-refractivity contribution in [1.82, 2.24) is 0 Å². The van der Waals surface area contributed by atoms with Crippen molar-refractivity contribution in [3.63, 3.8) is 0 Å². The number of aromatic hydroxyl groups is 4. The predicted octanol–water partition coefficient (Wildman–Crippen LogP) is -0.149. The quantitative estimate of drug-likeness (QED) is 0.0274. The Bertz CT molecular complexity index is 2230. The molecule has 0 radical (unpaired) electrons. The Balaban J connectivity index is 1.27. The molecule has 4 aromatic rings. The summed E-state index contributed by atoms with van der Waals surface area (Å²) in [7, 11) is 0. The van der Waals surface area contributed by atoms with Gasteiger partial charge in [0.2, 0.25) is 18.3 Å². The number of aliphatic hydroxyl groups excluding tert-OH is 6. The van der Waals surface area contributed by atoms with Crippen LogP contribution in [0.25, 0.3) is 28.4 Å². The first-order valence-electron chi connectivity index (χ1n) is 17.9. The number of esters is 2. The molecule has 320 valence electrons. The molecule has 0 spiro atoms. The van der Waals surface area contributed by atoms with E-state index in [2.05, 4.69) is 0 Å². The summed E-state index contributed by atoms with van der Waals surface area (Å²) in [6, 6.07) is 12.7. The zero-order valence-electron chi connectivity index (χ0n) is 30.8. The first-order valence-corrected chi connectivity index (χ1v) is 17.9. The number of ether oxygens (including phenoxy) is 6. The third kappa shape index (κ3) is 9.93. The average Bonchev–Trinajstić information content (AvgIpc) is 3.20. The highest BCUT2D eigenvalue weighted by Gasteiger charge is 2.48. The number of phenols is 4. The summed E-state index contributed by atoms with van der Waals surface area (Å²) >= 11 is 0. The zero-order valence-corrected chi connectivity index (χ0v) is 30.8. The van der Waals surface area contributed by atoms with Crippen LogP contribution in [0.4, 0.5) is 0 Å². The second-order valence-electron chi connectivity index (χ2n) is 13.6. The van der Waals surface area contributed by atoms with E-state index in [0.717, 1.165) is 18.2 Å². The van der Waals surface area contributed by atoms with E-state index < -0.39 is 110 Å². The molecule has 0 bridgehead atoms. The van der Waals surface area contributed by atoms with E-state index in [1.807, 2.05) is 0 Å². The number of aliphatic carboxylic acids is 1. The van der Waals surface area contributed by atoms with E-state index in [-0.39, 0.29) is 45.3 Å². The van der Waals surface area contributed by atoms with Gasteiger partial charge >= 0.3 is 29.3 Å². The molecule has 0 amide bonds. The van der Waals surface area contributed by atoms with Crippen LogP contribution in [0.2, 0.25) is 0 Å². The van der Waals surface area contributed by atoms with E-state index in [0.29, 0.717) is 5.56 Å². The second kappa shape index (κ2) is 18.3. The molecule has 0 saturated carbocycles. The monoisotopic (exact) mass is 843 g/mol. The summed E-state index contributed by atoms with van der Waals surface area (Å²) in [5.41, 5.74) is 0.480. The third-order valence-electron chi connectivity index (χ3n) is 9.26. The number of fused-ring (bicyclic) bond motifs is 1. The van der Waals surface area contributed by atoms with Crippen molar-refractivity contribution < 1.29 is 103 Å². The Hall–Kier alpha value is -6.30. The lowest BCUT2D eigenvalue weighted by Crippen LogP contribution is -2.60. The second-order valence-corrected chi connectivity index (χ2v) is 13.6. The van der Waals surface area contributed by atoms with Crippen molar-refractivity contribution in [2.45, 2.75) is 67.8 Å². The Labute approximate surface area is 337 Å². The standard InChI is InChI=1S/C39H38O21/c40-18-5-3-17(4-6-18)37-25(58-39-36(53)34(51)31(48)26(60-39)14-54-29(46)8-2-16-1-7-21(42)22(43)9-16)12-20-23(56-37)10-19(41)11-24(20)57-38-35(52)33(50)32(49)27(59-38)15-55-30(47)13-28(44)45/h1-12,26-27,31-36,38-39,48-53H,13-15H2,(H4-,40,41,42,43,44,45,46)/p+1. The van der Waals surface area contributed by atoms with Gasteiger partial charge in [-0.2, -0.15) is 0 Å². The van der Waals surface area contributed by atoms with Gasteiger partial charge < -0.3 is 84.6 Å². The van der Waals surface area contributed by atoms with E-state index in [1.54, 1.807) is 0 Å². The van der Waals surface area contributed by atoms with Crippen LogP contribution >= 0.6 is 0 Å². The molecular formula is C39H39O21+. The number of phenolic OH excluding ortho intramolecular Hbond substituents is 4. The number of carboxylic acids is 1. The number of rotatable bonds is 13. The minimum atomic E-state index is -1.95. The lowest BCUT2D eigenvalue weighted by atomic mass is 9.99. The maximum atomic E-state index is 12.5. The fourth-order valence-electron chi connectivity index (χ4n) is 6.09. The number of carbonyl (C=O) groups excluding carboxylic acids is 2. The molecule has 3 aromatic carbocycles. The van der Waals surface area contributed by atoms with Crippen LogP contribution in [-0.4, -0.2) is 149 Å². The number of aliphatic hydroxyl groups is 6. The van der Waals surface area contributed by atoms with Crippen LogP contribution in [-0.2, 0) is 33.3 Å². The minimum absolute atomic E-state index is 0.0312. The first-order chi connectivity index (χ1) is 28.5. The zero-order chi connectivity index (χ0) is 43.4. The Morgan fingerprint density at radius 1 is 0.650 bits per heavy atom. The first kappa shape index (κ1) is 43.3. The predicted molar refractivity (Wildman–Crippen MR) is 197 cm³/mol. The summed E-state index contributed by atoms with van der Waals surface area (Å²) in [5, 5.41) is 113. The molecule has 0 aliphatic carbocycles. The molecule has 60 heavy (non-hydrogen) atoms. The molecule has 11 N–H and O–H groups in total. The van der Waals surface area contributed by atoms with Crippen LogP contribution < -0.4 is 9.47 Å². The van der Waals surface area contributed by atoms with Crippen molar-refractivity contribution in [1.29, 1.82) is 0 Å². The van der Waals surface area contributed by atoms with Crippen molar-refractivity contribution in [2.75, 3.05) is 13.2 Å². The van der Waals surface area contributed by atoms with Crippen molar-refractivity contribution in [2.24, 2.45) is 0 Å². The maximum absolute atomic E-state index is 12.5. The lowest BCUT2D eigenvalue weighted by Gasteiger charge is -2.40. The van der Waals surface area contributed by atoms with Crippen molar-refractivity contribution in [3.8, 4) is 45.8 Å². The van der Waals surface area contributed by atoms with Gasteiger partial charge in [0, 0.05) is 18.2 Å². The van der Waals surface area contributed by atoms with Gasteiger partial charge in [-0.1, -0.05) is 6.07 Å². The number of benzene rings is 3. The Kier molecular flexibility index (Phi) is 13.2. The van der Waals surface area contributed by atoms with Gasteiger partial charge in [-0.25, -0.2) is 9.21 Å². The van der Waals surface area contributed by atoms with E-state index in [9.17, 15) is 65.4 Å². The maximum Gasteiger partial charge on any atom is 0.402 e. The average molecular weight is 844 g/mol. The molecular weight excluding hydrogens is 804 g/mol. The number of hydrogen-bond acceptors (Lipinski definition) is 19. The van der Waals surface area contributed by atoms with Gasteiger partial charge in [0.25, 0.3) is 0 Å². The van der Waals surface area contributed by atoms with Crippen LogP contribution in [0.15, 0.2) is 71.2 Å². The molecule has 2 aliphatic rings. The molecule has 10 unspecified atom stereocenters. The van der Waals surface area contributed by atoms with Crippen molar-refractivity contribution >= 4 is 35.0 Å². The van der Waals surface area contributed by atoms with Gasteiger partial charge in [-0.15, -0.1) is 0 Å². The summed E-state index contributed by atoms with van der Waals surface area (Å²) < 4.78 is 39.4. The highest BCUT2D eigenvalue weighted by Crippen LogP contribution is 2.42. The van der Waals surface area contributed by atoms with E-state index in [1.165, 1.54) is 54.6 Å². The van der Waals surface area contributed by atoms with Crippen LogP contribution in [0.3, 0.4) is 0 Å². The SMILES string of the molecule is O=C(O)CC(=O)OCC1OC(Oc2cc(O)cc3[o+]c(-c4ccc(O)cc4)c(OC4OC(COC(=O)C=Cc5ccc(O)c(O)c5)C(O)C(O)C4O)cc23)C(O)C(O)C1O. The Morgan fingerprint density at radius 2 is 1.25 bits per heavy atom. The number of carboxylic acid groups (broad SMARTS) is 1. The molecule has 10 atom stereocenters. The van der Waals surface area contributed by atoms with Gasteiger partial charge in [-0.3, -0.25) is 9.59 Å². The lowest BCUT2D eigenvalue weighted by molar-refractivity contribution is -0.278. The van der Waals surface area contributed by atoms with E-state index >= 15 is 0 Å². The highest BCUT2D eigenvalue weighted by atomic mass is 16.7. The normalized spacial score (nSPS) is 26.7. The van der Waals surface area contributed by atoms with E-state index in [4.69, 9.17) is 37.9 Å². The van der Waals surface area contributed by atoms with Crippen LogP contribution in [0.1, 0.15) is 12.0 Å². The molecule has 2 saturated heterocycles. The molecule has 2 fully saturated rings. The number of carbonyl (C=O) groups is 3. The Morgan fingerprint density at radius 3 is 1.85 bits per heavy atom. The van der Waals surface area contributed by atoms with Gasteiger partial charge in [0.1, 0.15) is 91.1 Å². The highest BCUT2D eigenvalue weighted by molar-refractivity contribution is 5.90. The fraction of sp³-hybridized carbons (Fsp3) is 0.333. The minimum Gasteiger partial charge on any atom is -0.508 e. The third-order valence-corrected chi connectivity index (χ3v) is 9.26. The molecule has 1 aromatic heterocycles. The summed E-state index contributed by atoms with van der Waals surface area (Å²) in [4.78, 5) is 35.2. The molecule has 21 heteroatoms. The van der Waals surface area contributed by atoms with Crippen molar-refractivity contribution in [3.05, 3.63) is 72.3 Å². The summed E-state index contributed by atoms with van der Waals surface area (Å²) in [6.07, 6.45) is -16.8. The van der Waals surface area contributed by atoms with Gasteiger partial charge in [0.15, 0.2) is 11.5 Å².